The van der Waals surface area contributed by atoms with Gasteiger partial charge in [-0.05, 0) is 12.1 Å². The second-order valence-electron chi connectivity index (χ2n) is 2.74. The zero-order valence-corrected chi connectivity index (χ0v) is 7.11. The minimum Gasteiger partial charge on any atom is -0.375 e. The molecule has 0 unspecified atom stereocenters. The lowest BCUT2D eigenvalue weighted by atomic mass is 10.2. The number of nitrogens with zero attached hydrogens (tertiary/aromatic N) is 1. The summed E-state index contributed by atoms with van der Waals surface area (Å²) >= 11 is 1.83. The zero-order valence-electron chi connectivity index (χ0n) is 6.29. The summed E-state index contributed by atoms with van der Waals surface area (Å²) in [5.41, 5.74) is 2.35. The van der Waals surface area contributed by atoms with Gasteiger partial charge in [0.15, 0.2) is 0 Å². The second-order valence-corrected chi connectivity index (χ2v) is 3.72. The molecule has 2 heterocycles. The third kappa shape index (κ3) is 0.701. The number of aromatic amines is 1. The Kier molecular flexibility index (Phi) is 1.15. The molecule has 4 heteroatoms. The topological polar surface area (TPSA) is 40.7 Å². The summed E-state index contributed by atoms with van der Waals surface area (Å²) < 4.78 is 0. The highest BCUT2D eigenvalue weighted by atomic mass is 32.2. The molecule has 12 heavy (non-hydrogen) atoms. The van der Waals surface area contributed by atoms with Gasteiger partial charge >= 0.3 is 0 Å². The van der Waals surface area contributed by atoms with E-state index in [-0.39, 0.29) is 0 Å². The molecule has 3 nitrogen and oxygen atoms in total. The standard InChI is InChI=1S/C8H7N3S/c1-2-7-8(12-4-9-7)5-3-10-11-6(1)5/h1-3,9H,4H2,(H,10,11). The van der Waals surface area contributed by atoms with Crippen molar-refractivity contribution in [2.45, 2.75) is 4.90 Å². The molecule has 2 aromatic rings. The molecule has 0 spiro atoms. The lowest BCUT2D eigenvalue weighted by Crippen LogP contribution is -1.87. The molecule has 1 aliphatic heterocycles. The summed E-state index contributed by atoms with van der Waals surface area (Å²) in [7, 11) is 0. The van der Waals surface area contributed by atoms with Crippen LogP contribution < -0.4 is 5.32 Å². The first-order chi connectivity index (χ1) is 5.95. The Morgan fingerprint density at radius 1 is 1.42 bits per heavy atom. The van der Waals surface area contributed by atoms with Gasteiger partial charge in [-0.3, -0.25) is 5.10 Å². The normalized spacial score (nSPS) is 14.7. The molecule has 1 aliphatic rings. The molecule has 2 N–H and O–H groups in total. The van der Waals surface area contributed by atoms with E-state index in [4.69, 9.17) is 0 Å². The number of nitrogens with one attached hydrogen (secondary N) is 2. The van der Waals surface area contributed by atoms with E-state index >= 15 is 0 Å². The molecule has 0 amide bonds. The molecule has 0 radical (unpaired) electrons. The minimum atomic E-state index is 0.972. The molecule has 1 aromatic carbocycles. The number of H-pyrrole nitrogens is 1. The van der Waals surface area contributed by atoms with Crippen LogP contribution in [0.5, 0.6) is 0 Å². The third-order valence-electron chi connectivity index (χ3n) is 2.05. The van der Waals surface area contributed by atoms with Crippen LogP contribution in [0.15, 0.2) is 23.2 Å². The van der Waals surface area contributed by atoms with Crippen molar-refractivity contribution >= 4 is 28.4 Å². The molecular formula is C8H7N3S. The van der Waals surface area contributed by atoms with Crippen molar-refractivity contribution in [3.05, 3.63) is 18.3 Å². The van der Waals surface area contributed by atoms with Crippen molar-refractivity contribution in [3.8, 4) is 0 Å². The Bertz CT molecular complexity index is 435. The Hall–Kier alpha value is -1.16. The van der Waals surface area contributed by atoms with Crippen LogP contribution in [0.1, 0.15) is 0 Å². The van der Waals surface area contributed by atoms with Gasteiger partial charge in [0.2, 0.25) is 0 Å². The first kappa shape index (κ1) is 6.37. The summed E-state index contributed by atoms with van der Waals surface area (Å²) in [5, 5.41) is 11.5. The average molecular weight is 177 g/mol. The zero-order chi connectivity index (χ0) is 7.97. The van der Waals surface area contributed by atoms with E-state index in [0.717, 1.165) is 11.4 Å². The minimum absolute atomic E-state index is 0.972. The third-order valence-corrected chi connectivity index (χ3v) is 3.07. The lowest BCUT2D eigenvalue weighted by Gasteiger charge is -1.97. The maximum Gasteiger partial charge on any atom is 0.0663 e. The summed E-state index contributed by atoms with van der Waals surface area (Å²) in [6, 6.07) is 4.15. The fourth-order valence-corrected chi connectivity index (χ4v) is 2.46. The number of thioether (sulfide) groups is 1. The van der Waals surface area contributed by atoms with Gasteiger partial charge in [-0.1, -0.05) is 0 Å². The van der Waals surface area contributed by atoms with Crippen molar-refractivity contribution < 1.29 is 0 Å². The summed E-state index contributed by atoms with van der Waals surface area (Å²) in [6.07, 6.45) is 1.88. The number of benzene rings is 1. The first-order valence-electron chi connectivity index (χ1n) is 3.78. The van der Waals surface area contributed by atoms with Crippen molar-refractivity contribution in [1.29, 1.82) is 0 Å². The van der Waals surface area contributed by atoms with E-state index in [9.17, 15) is 0 Å². The predicted molar refractivity (Wildman–Crippen MR) is 50.4 cm³/mol. The van der Waals surface area contributed by atoms with Gasteiger partial charge < -0.3 is 5.32 Å². The molecule has 60 valence electrons. The summed E-state index contributed by atoms with van der Waals surface area (Å²) in [4.78, 5) is 1.32. The molecule has 0 atom stereocenters. The number of aromatic nitrogens is 2. The Morgan fingerprint density at radius 2 is 2.42 bits per heavy atom. The van der Waals surface area contributed by atoms with Crippen molar-refractivity contribution in [3.63, 3.8) is 0 Å². The van der Waals surface area contributed by atoms with Crippen LogP contribution in [0.25, 0.3) is 10.9 Å². The molecule has 1 aromatic heterocycles. The lowest BCUT2D eigenvalue weighted by molar-refractivity contribution is 1.12. The molecule has 0 bridgehead atoms. The van der Waals surface area contributed by atoms with Gasteiger partial charge in [-0.25, -0.2) is 0 Å². The highest BCUT2D eigenvalue weighted by Gasteiger charge is 2.13. The molecule has 0 saturated heterocycles. The van der Waals surface area contributed by atoms with Crippen LogP contribution in [0.3, 0.4) is 0 Å². The van der Waals surface area contributed by atoms with Crippen LogP contribution in [-0.2, 0) is 0 Å². The highest BCUT2D eigenvalue weighted by Crippen LogP contribution is 2.38. The maximum absolute atomic E-state index is 4.01. The molecule has 0 aliphatic carbocycles. The van der Waals surface area contributed by atoms with Crippen LogP contribution in [-0.4, -0.2) is 16.1 Å². The number of fused-ring (bicyclic) bond motifs is 3. The smallest absolute Gasteiger partial charge is 0.0663 e. The summed E-state index contributed by atoms with van der Waals surface area (Å²) in [6.45, 7) is 0. The summed E-state index contributed by atoms with van der Waals surface area (Å²) in [5.74, 6) is 0.972. The highest BCUT2D eigenvalue weighted by molar-refractivity contribution is 8.00. The fourth-order valence-electron chi connectivity index (χ4n) is 1.47. The molecule has 3 rings (SSSR count). The predicted octanol–water partition coefficient (Wildman–Crippen LogP) is 2.04. The van der Waals surface area contributed by atoms with Crippen LogP contribution >= 0.6 is 11.8 Å². The number of anilines is 1. The molecule has 0 fully saturated rings. The van der Waals surface area contributed by atoms with Crippen molar-refractivity contribution in [2.75, 3.05) is 11.2 Å². The Morgan fingerprint density at radius 3 is 3.42 bits per heavy atom. The van der Waals surface area contributed by atoms with E-state index in [1.807, 2.05) is 18.0 Å². The monoisotopic (exact) mass is 177 g/mol. The molecular weight excluding hydrogens is 170 g/mol. The van der Waals surface area contributed by atoms with Crippen LogP contribution in [0.2, 0.25) is 0 Å². The molecule has 0 saturated carbocycles. The number of hydrogen-bond acceptors (Lipinski definition) is 3. The Labute approximate surface area is 73.5 Å². The van der Waals surface area contributed by atoms with Gasteiger partial charge in [-0.15, -0.1) is 11.8 Å². The van der Waals surface area contributed by atoms with Gasteiger partial charge in [0, 0.05) is 16.0 Å². The van der Waals surface area contributed by atoms with E-state index in [2.05, 4.69) is 27.6 Å². The van der Waals surface area contributed by atoms with Gasteiger partial charge in [0.25, 0.3) is 0 Å². The van der Waals surface area contributed by atoms with E-state index in [1.165, 1.54) is 16.0 Å². The second kappa shape index (κ2) is 2.17. The van der Waals surface area contributed by atoms with Crippen LogP contribution in [0.4, 0.5) is 5.69 Å². The maximum atomic E-state index is 4.01. The quantitative estimate of drug-likeness (QED) is 0.647. The van der Waals surface area contributed by atoms with E-state index < -0.39 is 0 Å². The number of rotatable bonds is 0. The van der Waals surface area contributed by atoms with Crippen molar-refractivity contribution in [2.24, 2.45) is 0 Å². The fraction of sp³-hybridized carbons (Fsp3) is 0.125. The average Bonchev–Trinajstić information content (AvgIpc) is 2.71. The van der Waals surface area contributed by atoms with Gasteiger partial charge in [0.1, 0.15) is 0 Å². The largest absolute Gasteiger partial charge is 0.375 e. The van der Waals surface area contributed by atoms with E-state index in [0.29, 0.717) is 0 Å². The SMILES string of the molecule is c1cc2[nH]ncc2c2c1NCS2. The van der Waals surface area contributed by atoms with Gasteiger partial charge in [0.05, 0.1) is 17.6 Å². The van der Waals surface area contributed by atoms with Crippen LogP contribution in [0, 0.1) is 0 Å². The Balaban J connectivity index is 2.46. The van der Waals surface area contributed by atoms with Crippen molar-refractivity contribution in [1.82, 2.24) is 10.2 Å². The van der Waals surface area contributed by atoms with E-state index in [1.54, 1.807) is 0 Å². The first-order valence-corrected chi connectivity index (χ1v) is 4.76. The number of hydrogen-bond donors (Lipinski definition) is 2. The van der Waals surface area contributed by atoms with Gasteiger partial charge in [-0.2, -0.15) is 5.10 Å².